The minimum absolute atomic E-state index is 0.263. The second-order valence-electron chi connectivity index (χ2n) is 7.99. The monoisotopic (exact) mass is 244 g/mol. The Labute approximate surface area is 113 Å². The van der Waals surface area contributed by atoms with Gasteiger partial charge < -0.3 is 0 Å². The molecule has 0 radical (unpaired) electrons. The molecule has 0 fully saturated rings. The van der Waals surface area contributed by atoms with Crippen LogP contribution in [-0.4, -0.2) is 0 Å². The standard InChI is InChI=1S/C18H28/c1-12-8-9-13-14(17(2,3)4)10-11-15(16(12)13)18(5,6)7/h10-12H,8-9H2,1-7H3. The van der Waals surface area contributed by atoms with Crippen molar-refractivity contribution < 1.29 is 0 Å². The fourth-order valence-electron chi connectivity index (χ4n) is 3.36. The number of hydrogen-bond donors (Lipinski definition) is 0. The highest BCUT2D eigenvalue weighted by Crippen LogP contribution is 2.44. The van der Waals surface area contributed by atoms with Gasteiger partial charge in [0.2, 0.25) is 0 Å². The summed E-state index contributed by atoms with van der Waals surface area (Å²) in [5.41, 5.74) is 6.98. The Bertz CT molecular complexity index is 452. The number of benzene rings is 1. The van der Waals surface area contributed by atoms with Crippen LogP contribution in [0.5, 0.6) is 0 Å². The highest BCUT2D eigenvalue weighted by Gasteiger charge is 2.31. The molecular weight excluding hydrogens is 216 g/mol. The molecule has 0 spiro atoms. The van der Waals surface area contributed by atoms with Crippen LogP contribution in [0.3, 0.4) is 0 Å². The molecule has 1 aliphatic carbocycles. The molecule has 1 aliphatic rings. The van der Waals surface area contributed by atoms with E-state index in [0.717, 1.165) is 5.92 Å². The maximum absolute atomic E-state index is 2.40. The van der Waals surface area contributed by atoms with Crippen LogP contribution in [0.2, 0.25) is 0 Å². The first kappa shape index (κ1) is 13.6. The number of fused-ring (bicyclic) bond motifs is 1. The van der Waals surface area contributed by atoms with Gasteiger partial charge in [0.25, 0.3) is 0 Å². The van der Waals surface area contributed by atoms with Crippen molar-refractivity contribution in [2.75, 3.05) is 0 Å². The van der Waals surface area contributed by atoms with Gasteiger partial charge in [-0.25, -0.2) is 0 Å². The van der Waals surface area contributed by atoms with Gasteiger partial charge in [-0.1, -0.05) is 60.6 Å². The molecule has 0 bridgehead atoms. The van der Waals surface area contributed by atoms with Crippen molar-refractivity contribution >= 4 is 0 Å². The zero-order valence-electron chi connectivity index (χ0n) is 13.1. The predicted octanol–water partition coefficient (Wildman–Crippen LogP) is 5.33. The van der Waals surface area contributed by atoms with Gasteiger partial charge in [-0.3, -0.25) is 0 Å². The molecule has 2 rings (SSSR count). The fourth-order valence-corrected chi connectivity index (χ4v) is 3.36. The van der Waals surface area contributed by atoms with Gasteiger partial charge in [-0.05, 0) is 51.8 Å². The Hall–Kier alpha value is -0.780. The Kier molecular flexibility index (Phi) is 3.12. The minimum Gasteiger partial charge on any atom is -0.0584 e. The fraction of sp³-hybridized carbons (Fsp3) is 0.667. The van der Waals surface area contributed by atoms with Crippen LogP contribution in [0.4, 0.5) is 0 Å². The van der Waals surface area contributed by atoms with E-state index < -0.39 is 0 Å². The molecule has 0 saturated heterocycles. The summed E-state index contributed by atoms with van der Waals surface area (Å²) in [6.45, 7) is 16.4. The quantitative estimate of drug-likeness (QED) is 0.578. The van der Waals surface area contributed by atoms with Gasteiger partial charge in [0.15, 0.2) is 0 Å². The van der Waals surface area contributed by atoms with Crippen molar-refractivity contribution in [1.82, 2.24) is 0 Å². The summed E-state index contributed by atoms with van der Waals surface area (Å²) in [5, 5.41) is 0. The number of hydrogen-bond acceptors (Lipinski definition) is 0. The largest absolute Gasteiger partial charge is 0.0584 e. The molecule has 1 aromatic rings. The minimum atomic E-state index is 0.263. The summed E-state index contributed by atoms with van der Waals surface area (Å²) >= 11 is 0. The molecule has 18 heavy (non-hydrogen) atoms. The van der Waals surface area contributed by atoms with E-state index >= 15 is 0 Å². The van der Waals surface area contributed by atoms with Gasteiger partial charge in [0.05, 0.1) is 0 Å². The third-order valence-corrected chi connectivity index (χ3v) is 4.29. The van der Waals surface area contributed by atoms with Crippen LogP contribution in [0, 0.1) is 0 Å². The lowest BCUT2D eigenvalue weighted by atomic mass is 9.76. The molecule has 1 unspecified atom stereocenters. The van der Waals surface area contributed by atoms with Crippen LogP contribution in [-0.2, 0) is 17.3 Å². The van der Waals surface area contributed by atoms with Crippen LogP contribution < -0.4 is 0 Å². The van der Waals surface area contributed by atoms with E-state index in [-0.39, 0.29) is 10.8 Å². The summed E-state index contributed by atoms with van der Waals surface area (Å²) < 4.78 is 0. The molecule has 1 atom stereocenters. The lowest BCUT2D eigenvalue weighted by molar-refractivity contribution is 0.566. The normalized spacial score (nSPS) is 20.1. The second-order valence-corrected chi connectivity index (χ2v) is 7.99. The molecule has 0 heteroatoms. The predicted molar refractivity (Wildman–Crippen MR) is 80.6 cm³/mol. The van der Waals surface area contributed by atoms with Crippen molar-refractivity contribution in [2.45, 2.75) is 78.1 Å². The maximum atomic E-state index is 2.40. The van der Waals surface area contributed by atoms with Crippen LogP contribution in [0.25, 0.3) is 0 Å². The average Bonchev–Trinajstić information content (AvgIpc) is 2.57. The smallest absolute Gasteiger partial charge is 0.0129 e. The van der Waals surface area contributed by atoms with Gasteiger partial charge >= 0.3 is 0 Å². The lowest BCUT2D eigenvalue weighted by Crippen LogP contribution is -2.19. The van der Waals surface area contributed by atoms with E-state index in [1.165, 1.54) is 12.8 Å². The third-order valence-electron chi connectivity index (χ3n) is 4.29. The third kappa shape index (κ3) is 2.22. The van der Waals surface area contributed by atoms with E-state index in [9.17, 15) is 0 Å². The number of rotatable bonds is 0. The molecule has 100 valence electrons. The summed E-state index contributed by atoms with van der Waals surface area (Å²) in [6, 6.07) is 4.78. The van der Waals surface area contributed by atoms with Gasteiger partial charge in [0, 0.05) is 0 Å². The average molecular weight is 244 g/mol. The zero-order valence-corrected chi connectivity index (χ0v) is 13.1. The Morgan fingerprint density at radius 3 is 1.89 bits per heavy atom. The molecule has 1 aromatic carbocycles. The van der Waals surface area contributed by atoms with Crippen LogP contribution >= 0.6 is 0 Å². The Morgan fingerprint density at radius 1 is 0.889 bits per heavy atom. The Morgan fingerprint density at radius 2 is 1.39 bits per heavy atom. The van der Waals surface area contributed by atoms with E-state index in [1.54, 1.807) is 22.3 Å². The van der Waals surface area contributed by atoms with Crippen molar-refractivity contribution in [3.8, 4) is 0 Å². The first-order valence-electron chi connectivity index (χ1n) is 7.29. The SMILES string of the molecule is CC1CCc2c(C(C)(C)C)ccc(C(C)(C)C)c21. The van der Waals surface area contributed by atoms with E-state index in [1.807, 2.05) is 0 Å². The van der Waals surface area contributed by atoms with E-state index in [0.29, 0.717) is 0 Å². The first-order valence-corrected chi connectivity index (χ1v) is 7.29. The molecule has 0 saturated carbocycles. The molecule has 0 aliphatic heterocycles. The van der Waals surface area contributed by atoms with Gasteiger partial charge in [0.1, 0.15) is 0 Å². The van der Waals surface area contributed by atoms with Gasteiger partial charge in [-0.15, -0.1) is 0 Å². The zero-order chi connectivity index (χ0) is 13.7. The Balaban J connectivity index is 2.68. The summed E-state index contributed by atoms with van der Waals surface area (Å²) in [7, 11) is 0. The molecule has 0 aromatic heterocycles. The van der Waals surface area contributed by atoms with Crippen molar-refractivity contribution in [1.29, 1.82) is 0 Å². The highest BCUT2D eigenvalue weighted by molar-refractivity contribution is 5.50. The van der Waals surface area contributed by atoms with Gasteiger partial charge in [-0.2, -0.15) is 0 Å². The first-order chi connectivity index (χ1) is 8.12. The highest BCUT2D eigenvalue weighted by atomic mass is 14.4. The van der Waals surface area contributed by atoms with E-state index in [4.69, 9.17) is 0 Å². The maximum Gasteiger partial charge on any atom is -0.0129 e. The van der Waals surface area contributed by atoms with Crippen molar-refractivity contribution in [2.24, 2.45) is 0 Å². The molecule has 0 amide bonds. The summed E-state index contributed by atoms with van der Waals surface area (Å²) in [4.78, 5) is 0. The summed E-state index contributed by atoms with van der Waals surface area (Å²) in [5.74, 6) is 0.733. The lowest BCUT2D eigenvalue weighted by Gasteiger charge is -2.29. The molecular formula is C18H28. The molecule has 0 heterocycles. The van der Waals surface area contributed by atoms with Crippen molar-refractivity contribution in [3.63, 3.8) is 0 Å². The van der Waals surface area contributed by atoms with Crippen LogP contribution in [0.15, 0.2) is 12.1 Å². The molecule has 0 N–H and O–H groups in total. The van der Waals surface area contributed by atoms with Crippen molar-refractivity contribution in [3.05, 3.63) is 34.4 Å². The summed E-state index contributed by atoms with van der Waals surface area (Å²) in [6.07, 6.45) is 2.60. The van der Waals surface area contributed by atoms with Crippen LogP contribution in [0.1, 0.15) is 83.1 Å². The second kappa shape index (κ2) is 4.11. The van der Waals surface area contributed by atoms with E-state index in [2.05, 4.69) is 60.6 Å². The topological polar surface area (TPSA) is 0 Å². The molecule has 0 nitrogen and oxygen atoms in total.